The molecule has 9 nitrogen and oxygen atoms in total. The molecular weight excluding hydrogens is 484 g/mol. The van der Waals surface area contributed by atoms with E-state index in [4.69, 9.17) is 15.2 Å². The quantitative estimate of drug-likeness (QED) is 0.602. The molecule has 5 rings (SSSR count). The van der Waals surface area contributed by atoms with Gasteiger partial charge < -0.3 is 25.0 Å². The average Bonchev–Trinajstić information content (AvgIpc) is 2.93. The summed E-state index contributed by atoms with van der Waals surface area (Å²) in [5.74, 6) is 0.929. The standard InChI is InChI=1S/C29H36N4O5/c1-37-26-18-23(38-22-12-14-31(15-13-22)19-27(30)34)7-8-24(26)29(36)32-16-10-21(11-17-32)33-25-5-3-2-4-20(25)6-9-28(33)35/h2-5,7-8,18,21-22H,6,9-17,19H2,1H3,(H2,30,34). The SMILES string of the molecule is COc1cc(OC2CCN(CC(N)=O)CC2)ccc1C(=O)N1CCC(N2C(=O)CCc3ccccc32)CC1. The van der Waals surface area contributed by atoms with E-state index < -0.39 is 0 Å². The fraction of sp³-hybridized carbons (Fsp3) is 0.483. The molecule has 0 atom stereocenters. The Bertz CT molecular complexity index is 1190. The van der Waals surface area contributed by atoms with Crippen LogP contribution >= 0.6 is 0 Å². The van der Waals surface area contributed by atoms with E-state index in [-0.39, 0.29) is 36.4 Å². The maximum Gasteiger partial charge on any atom is 0.257 e. The van der Waals surface area contributed by atoms with E-state index in [0.29, 0.717) is 36.6 Å². The molecular formula is C29H36N4O5. The van der Waals surface area contributed by atoms with Gasteiger partial charge >= 0.3 is 0 Å². The fourth-order valence-corrected chi connectivity index (χ4v) is 5.87. The number of amides is 3. The van der Waals surface area contributed by atoms with Gasteiger partial charge in [0.05, 0.1) is 19.2 Å². The predicted molar refractivity (Wildman–Crippen MR) is 143 cm³/mol. The summed E-state index contributed by atoms with van der Waals surface area (Å²) in [6.07, 6.45) is 4.44. The molecule has 0 saturated carbocycles. The van der Waals surface area contributed by atoms with E-state index in [1.165, 1.54) is 5.56 Å². The highest BCUT2D eigenvalue weighted by Crippen LogP contribution is 2.33. The number of para-hydroxylation sites is 1. The molecule has 38 heavy (non-hydrogen) atoms. The Morgan fingerprint density at radius 1 is 0.974 bits per heavy atom. The maximum absolute atomic E-state index is 13.4. The summed E-state index contributed by atoms with van der Waals surface area (Å²) in [5.41, 5.74) is 8.04. The number of carbonyl (C=O) groups excluding carboxylic acids is 3. The topological polar surface area (TPSA) is 105 Å². The van der Waals surface area contributed by atoms with Crippen LogP contribution in [-0.4, -0.2) is 79.5 Å². The van der Waals surface area contributed by atoms with Crippen molar-refractivity contribution in [3.63, 3.8) is 0 Å². The number of hydrogen-bond donors (Lipinski definition) is 1. The minimum Gasteiger partial charge on any atom is -0.496 e. The lowest BCUT2D eigenvalue weighted by Crippen LogP contribution is -2.50. The summed E-state index contributed by atoms with van der Waals surface area (Å²) in [6, 6.07) is 13.6. The zero-order valence-electron chi connectivity index (χ0n) is 21.9. The molecule has 2 aromatic rings. The van der Waals surface area contributed by atoms with Crippen molar-refractivity contribution < 1.29 is 23.9 Å². The summed E-state index contributed by atoms with van der Waals surface area (Å²) >= 11 is 0. The summed E-state index contributed by atoms with van der Waals surface area (Å²) in [4.78, 5) is 43.2. The Kier molecular flexibility index (Phi) is 7.83. The lowest BCUT2D eigenvalue weighted by atomic mass is 9.95. The van der Waals surface area contributed by atoms with E-state index >= 15 is 0 Å². The maximum atomic E-state index is 13.4. The molecule has 0 spiro atoms. The molecule has 2 aromatic carbocycles. The number of methoxy groups -OCH3 is 1. The number of anilines is 1. The van der Waals surface area contributed by atoms with Crippen LogP contribution in [0.4, 0.5) is 5.69 Å². The second kappa shape index (κ2) is 11.4. The molecule has 9 heteroatoms. The van der Waals surface area contributed by atoms with Crippen molar-refractivity contribution in [2.75, 3.05) is 44.7 Å². The molecule has 3 aliphatic heterocycles. The molecule has 2 saturated heterocycles. The Balaban J connectivity index is 1.19. The number of aryl methyl sites for hydroxylation is 1. The third-order valence-electron chi connectivity index (χ3n) is 7.87. The van der Waals surface area contributed by atoms with Crippen LogP contribution in [0.3, 0.4) is 0 Å². The average molecular weight is 521 g/mol. The first kappa shape index (κ1) is 26.0. The van der Waals surface area contributed by atoms with Crippen molar-refractivity contribution in [1.29, 1.82) is 0 Å². The third-order valence-corrected chi connectivity index (χ3v) is 7.87. The molecule has 0 unspecified atom stereocenters. The van der Waals surface area contributed by atoms with Crippen LogP contribution < -0.4 is 20.1 Å². The molecule has 3 amide bonds. The van der Waals surface area contributed by atoms with Gasteiger partial charge in [-0.25, -0.2) is 0 Å². The van der Waals surface area contributed by atoms with E-state index in [2.05, 4.69) is 6.07 Å². The Morgan fingerprint density at radius 2 is 1.71 bits per heavy atom. The first-order valence-electron chi connectivity index (χ1n) is 13.5. The number of primary amides is 1. The summed E-state index contributed by atoms with van der Waals surface area (Å²) in [5, 5.41) is 0. The van der Waals surface area contributed by atoms with Crippen LogP contribution in [0.25, 0.3) is 0 Å². The molecule has 3 aliphatic rings. The number of fused-ring (bicyclic) bond motifs is 1. The largest absolute Gasteiger partial charge is 0.496 e. The molecule has 0 aliphatic carbocycles. The Labute approximate surface area is 223 Å². The van der Waals surface area contributed by atoms with Gasteiger partial charge in [0.2, 0.25) is 11.8 Å². The number of likely N-dealkylation sites (tertiary alicyclic amines) is 2. The molecule has 3 heterocycles. The van der Waals surface area contributed by atoms with Crippen molar-refractivity contribution in [2.24, 2.45) is 5.73 Å². The molecule has 0 radical (unpaired) electrons. The summed E-state index contributed by atoms with van der Waals surface area (Å²) < 4.78 is 11.7. The van der Waals surface area contributed by atoms with Crippen molar-refractivity contribution in [2.45, 2.75) is 50.7 Å². The van der Waals surface area contributed by atoms with Gasteiger partial charge in [-0.15, -0.1) is 0 Å². The highest BCUT2D eigenvalue weighted by atomic mass is 16.5. The lowest BCUT2D eigenvalue weighted by molar-refractivity contribution is -0.120. The van der Waals surface area contributed by atoms with Gasteiger partial charge in [-0.05, 0) is 55.9 Å². The van der Waals surface area contributed by atoms with Crippen molar-refractivity contribution >= 4 is 23.4 Å². The lowest BCUT2D eigenvalue weighted by Gasteiger charge is -2.41. The van der Waals surface area contributed by atoms with E-state index in [1.807, 2.05) is 39.0 Å². The van der Waals surface area contributed by atoms with Crippen LogP contribution in [0.15, 0.2) is 42.5 Å². The molecule has 202 valence electrons. The molecule has 0 aromatic heterocycles. The minimum absolute atomic E-state index is 0.0343. The molecule has 0 bridgehead atoms. The number of rotatable bonds is 7. The number of piperidine rings is 2. The Hall–Kier alpha value is -3.59. The Morgan fingerprint density at radius 3 is 2.42 bits per heavy atom. The number of nitrogens with two attached hydrogens (primary N) is 1. The van der Waals surface area contributed by atoms with E-state index in [9.17, 15) is 14.4 Å². The number of benzene rings is 2. The van der Waals surface area contributed by atoms with Crippen LogP contribution in [0.2, 0.25) is 0 Å². The zero-order valence-corrected chi connectivity index (χ0v) is 21.9. The van der Waals surface area contributed by atoms with Crippen molar-refractivity contribution in [1.82, 2.24) is 9.80 Å². The fourth-order valence-electron chi connectivity index (χ4n) is 5.87. The van der Waals surface area contributed by atoms with Crippen molar-refractivity contribution in [3.8, 4) is 11.5 Å². The zero-order chi connectivity index (χ0) is 26.6. The second-order valence-electron chi connectivity index (χ2n) is 10.3. The van der Waals surface area contributed by atoms with E-state index in [1.54, 1.807) is 19.2 Å². The van der Waals surface area contributed by atoms with Crippen LogP contribution in [0.1, 0.15) is 48.0 Å². The van der Waals surface area contributed by atoms with Crippen LogP contribution in [0, 0.1) is 0 Å². The predicted octanol–water partition coefficient (Wildman–Crippen LogP) is 2.61. The van der Waals surface area contributed by atoms with Gasteiger partial charge in [0.25, 0.3) is 5.91 Å². The normalized spacial score (nSPS) is 19.2. The van der Waals surface area contributed by atoms with E-state index in [0.717, 1.165) is 50.9 Å². The van der Waals surface area contributed by atoms with Crippen LogP contribution in [-0.2, 0) is 16.0 Å². The first-order chi connectivity index (χ1) is 18.4. The first-order valence-corrected chi connectivity index (χ1v) is 13.5. The van der Waals surface area contributed by atoms with Gasteiger partial charge in [-0.2, -0.15) is 0 Å². The molecule has 2 fully saturated rings. The van der Waals surface area contributed by atoms with Crippen molar-refractivity contribution in [3.05, 3.63) is 53.6 Å². The smallest absolute Gasteiger partial charge is 0.257 e. The number of nitrogens with zero attached hydrogens (tertiary/aromatic N) is 3. The number of ether oxygens (including phenoxy) is 2. The minimum atomic E-state index is -0.316. The van der Waals surface area contributed by atoms with Gasteiger partial charge in [0, 0.05) is 50.4 Å². The highest BCUT2D eigenvalue weighted by molar-refractivity contribution is 5.98. The third kappa shape index (κ3) is 5.62. The second-order valence-corrected chi connectivity index (χ2v) is 10.3. The summed E-state index contributed by atoms with van der Waals surface area (Å²) in [6.45, 7) is 2.95. The van der Waals surface area contributed by atoms with Crippen LogP contribution in [0.5, 0.6) is 11.5 Å². The van der Waals surface area contributed by atoms with Gasteiger partial charge in [-0.3, -0.25) is 19.3 Å². The van der Waals surface area contributed by atoms with Gasteiger partial charge in [0.15, 0.2) is 0 Å². The number of hydrogen-bond acceptors (Lipinski definition) is 6. The molecule has 2 N–H and O–H groups in total. The monoisotopic (exact) mass is 520 g/mol. The highest BCUT2D eigenvalue weighted by Gasteiger charge is 2.34. The number of carbonyl (C=O) groups is 3. The van der Waals surface area contributed by atoms with Gasteiger partial charge in [-0.1, -0.05) is 18.2 Å². The van der Waals surface area contributed by atoms with Gasteiger partial charge in [0.1, 0.15) is 17.6 Å². The summed E-state index contributed by atoms with van der Waals surface area (Å²) in [7, 11) is 1.56.